The number of hydrogen-bond acceptors (Lipinski definition) is 7. The third-order valence-corrected chi connectivity index (χ3v) is 15.3. The van der Waals surface area contributed by atoms with Gasteiger partial charge in [0.25, 0.3) is 0 Å². The number of nitrogens with zero attached hydrogens (tertiary/aromatic N) is 5. The molecule has 2 amide bonds. The number of methoxy groups -OCH3 is 1. The Kier molecular flexibility index (Phi) is 11.2. The Balaban J connectivity index is 1.92. The number of carbonyl (C=O) groups is 2. The predicted molar refractivity (Wildman–Crippen MR) is 198 cm³/mol. The van der Waals surface area contributed by atoms with Crippen LogP contribution >= 0.6 is 0 Å². The second-order valence-electron chi connectivity index (χ2n) is 14.3. The average molecular weight is 683 g/mol. The third kappa shape index (κ3) is 7.80. The molecule has 4 rings (SSSR count). The summed E-state index contributed by atoms with van der Waals surface area (Å²) in [6, 6.07) is 12.5. The second-order valence-corrected chi connectivity index (χ2v) is 19.9. The first-order chi connectivity index (χ1) is 23.0. The topological polar surface area (TPSA) is 111 Å². The lowest BCUT2D eigenvalue weighted by molar-refractivity contribution is -0.120. The zero-order valence-corrected chi connectivity index (χ0v) is 31.9. The Hall–Kier alpha value is -4.69. The molecule has 0 aliphatic heterocycles. The van der Waals surface area contributed by atoms with Crippen LogP contribution in [-0.4, -0.2) is 70.1 Å². The maximum atomic E-state index is 13.5. The van der Waals surface area contributed by atoms with Gasteiger partial charge < -0.3 is 14.8 Å². The molecule has 4 heterocycles. The molecule has 10 nitrogen and oxygen atoms in total. The number of anilines is 1. The van der Waals surface area contributed by atoms with Crippen LogP contribution in [0.1, 0.15) is 74.9 Å². The van der Waals surface area contributed by atoms with Crippen molar-refractivity contribution in [1.29, 1.82) is 0 Å². The molecule has 0 aromatic carbocycles. The average Bonchev–Trinajstić information content (AvgIpc) is 3.42. The van der Waals surface area contributed by atoms with E-state index in [2.05, 4.69) is 63.3 Å². The van der Waals surface area contributed by atoms with Crippen molar-refractivity contribution in [3.63, 3.8) is 0 Å². The molecule has 1 N–H and O–H groups in total. The molecule has 1 atom stereocenters. The fourth-order valence-electron chi connectivity index (χ4n) is 6.49. The molecule has 0 aliphatic carbocycles. The van der Waals surface area contributed by atoms with Gasteiger partial charge in [-0.25, -0.2) is 19.7 Å². The summed E-state index contributed by atoms with van der Waals surface area (Å²) in [6.45, 7) is 20.6. The van der Waals surface area contributed by atoms with E-state index >= 15 is 0 Å². The van der Waals surface area contributed by atoms with Gasteiger partial charge in [-0.15, -0.1) is 5.54 Å². The molecule has 0 radical (unpaired) electrons. The smallest absolute Gasteiger partial charge is 0.410 e. The number of aromatic nitrogens is 4. The van der Waals surface area contributed by atoms with Crippen LogP contribution in [-0.2, 0) is 9.53 Å². The van der Waals surface area contributed by atoms with Gasteiger partial charge in [-0.3, -0.25) is 14.1 Å². The minimum Gasteiger partial charge on any atom is -0.481 e. The number of fused-ring (bicyclic) bond motifs is 1. The van der Waals surface area contributed by atoms with Crippen LogP contribution in [0.4, 0.5) is 10.6 Å². The summed E-state index contributed by atoms with van der Waals surface area (Å²) in [5, 5.41) is 2.91. The zero-order valence-electron chi connectivity index (χ0n) is 30.9. The zero-order chi connectivity index (χ0) is 36.3. The van der Waals surface area contributed by atoms with Crippen LogP contribution in [0.15, 0.2) is 54.9 Å². The van der Waals surface area contributed by atoms with E-state index in [4.69, 9.17) is 19.4 Å². The SMILES string of the molecule is COc1ncccc1-c1nc2ccccn2c1-c1ccc(NC(=O)C(C)N(C)C(=O)OC(C)(C)C)nc1C#C[Si](C(C)C)(C(C)C)C(C)C. The number of ether oxygens (including phenoxy) is 2. The highest BCUT2D eigenvalue weighted by atomic mass is 28.3. The Bertz CT molecular complexity index is 1860. The number of rotatable bonds is 9. The largest absolute Gasteiger partial charge is 0.481 e. The van der Waals surface area contributed by atoms with Gasteiger partial charge in [0.05, 0.1) is 18.4 Å². The van der Waals surface area contributed by atoms with Crippen LogP contribution in [0, 0.1) is 11.5 Å². The molecule has 260 valence electrons. The standard InChI is InChI=1S/C38H50N6O4Si/c1-24(2)49(25(3)4,26(5)6)23-20-30-28(18-19-31(40-30)41-35(45)27(7)43(11)37(46)48-38(8,9)10)34-33(29-16-15-21-39-36(29)47-12)42-32-17-13-14-22-44(32)34/h13-19,21-22,24-27H,1-12H3,(H,40,41,45). The highest BCUT2D eigenvalue weighted by Crippen LogP contribution is 2.42. The predicted octanol–water partition coefficient (Wildman–Crippen LogP) is 8.23. The number of pyridine rings is 3. The van der Waals surface area contributed by atoms with Gasteiger partial charge in [-0.1, -0.05) is 53.5 Å². The first-order valence-electron chi connectivity index (χ1n) is 16.8. The van der Waals surface area contributed by atoms with Crippen molar-refractivity contribution in [2.75, 3.05) is 19.5 Å². The highest BCUT2D eigenvalue weighted by Gasteiger charge is 2.42. The van der Waals surface area contributed by atoms with E-state index in [9.17, 15) is 9.59 Å². The first kappa shape index (κ1) is 37.1. The Morgan fingerprint density at radius 3 is 2.20 bits per heavy atom. The summed E-state index contributed by atoms with van der Waals surface area (Å²) in [5.41, 5.74) is 8.52. The van der Waals surface area contributed by atoms with Gasteiger partial charge in [-0.2, -0.15) is 0 Å². The van der Waals surface area contributed by atoms with Crippen LogP contribution in [0.3, 0.4) is 0 Å². The molecule has 11 heteroatoms. The maximum Gasteiger partial charge on any atom is 0.410 e. The number of likely N-dealkylation sites (N-methyl/N-ethyl adjacent to an activating group) is 1. The second kappa shape index (κ2) is 14.8. The van der Waals surface area contributed by atoms with Crippen molar-refractivity contribution in [3.8, 4) is 39.9 Å². The fraction of sp³-hybridized carbons (Fsp3) is 0.447. The monoisotopic (exact) mass is 682 g/mol. The molecule has 0 saturated heterocycles. The summed E-state index contributed by atoms with van der Waals surface area (Å²) >= 11 is 0. The number of hydrogen-bond donors (Lipinski definition) is 1. The van der Waals surface area contributed by atoms with Crippen molar-refractivity contribution in [3.05, 3.63) is 60.6 Å². The molecule has 0 bridgehead atoms. The normalized spacial score (nSPS) is 12.6. The van der Waals surface area contributed by atoms with Crippen LogP contribution in [0.25, 0.3) is 28.2 Å². The van der Waals surface area contributed by atoms with Crippen molar-refractivity contribution in [1.82, 2.24) is 24.3 Å². The minimum atomic E-state index is -2.18. The molecule has 0 aliphatic rings. The summed E-state index contributed by atoms with van der Waals surface area (Å²) in [5.74, 6) is 3.91. The number of nitrogens with one attached hydrogen (secondary N) is 1. The van der Waals surface area contributed by atoms with E-state index < -0.39 is 31.7 Å². The first-order valence-corrected chi connectivity index (χ1v) is 19.0. The number of carbonyl (C=O) groups excluding carboxylic acids is 2. The molecule has 0 fully saturated rings. The minimum absolute atomic E-state index is 0.322. The Morgan fingerprint density at radius 1 is 0.918 bits per heavy atom. The molecule has 4 aromatic heterocycles. The van der Waals surface area contributed by atoms with E-state index in [0.29, 0.717) is 39.7 Å². The van der Waals surface area contributed by atoms with Gasteiger partial charge in [-0.05, 0) is 80.7 Å². The van der Waals surface area contributed by atoms with E-state index in [-0.39, 0.29) is 0 Å². The molecule has 4 aromatic rings. The summed E-state index contributed by atoms with van der Waals surface area (Å²) in [4.78, 5) is 41.9. The summed E-state index contributed by atoms with van der Waals surface area (Å²) in [7, 11) is 0.952. The van der Waals surface area contributed by atoms with Gasteiger partial charge in [0.1, 0.15) is 42.6 Å². The lowest BCUT2D eigenvalue weighted by atomic mass is 10.0. The molecule has 0 saturated carbocycles. The van der Waals surface area contributed by atoms with Crippen molar-refractivity contribution in [2.24, 2.45) is 0 Å². The molecular weight excluding hydrogens is 633 g/mol. The summed E-state index contributed by atoms with van der Waals surface area (Å²) in [6.07, 6.45) is 3.05. The van der Waals surface area contributed by atoms with Gasteiger partial charge >= 0.3 is 6.09 Å². The van der Waals surface area contributed by atoms with Crippen molar-refractivity contribution < 1.29 is 19.1 Å². The van der Waals surface area contributed by atoms with Crippen molar-refractivity contribution >= 4 is 31.5 Å². The number of imidazole rings is 1. The van der Waals surface area contributed by atoms with Gasteiger partial charge in [0, 0.05) is 25.0 Å². The van der Waals surface area contributed by atoms with Crippen LogP contribution < -0.4 is 10.1 Å². The van der Waals surface area contributed by atoms with E-state index in [1.54, 1.807) is 54.1 Å². The Morgan fingerprint density at radius 2 is 1.59 bits per heavy atom. The lowest BCUT2D eigenvalue weighted by Gasteiger charge is -2.38. The van der Waals surface area contributed by atoms with E-state index in [0.717, 1.165) is 22.5 Å². The molecule has 0 spiro atoms. The molecular formula is C38H50N6O4Si. The van der Waals surface area contributed by atoms with Gasteiger partial charge in [0.15, 0.2) is 0 Å². The molecule has 1 unspecified atom stereocenters. The lowest BCUT2D eigenvalue weighted by Crippen LogP contribution is -2.45. The summed E-state index contributed by atoms with van der Waals surface area (Å²) < 4.78 is 13.1. The van der Waals surface area contributed by atoms with Crippen LogP contribution in [0.5, 0.6) is 5.88 Å². The maximum absolute atomic E-state index is 13.5. The molecule has 49 heavy (non-hydrogen) atoms. The fourth-order valence-corrected chi connectivity index (χ4v) is 11.7. The van der Waals surface area contributed by atoms with Crippen molar-refractivity contribution in [2.45, 2.75) is 97.5 Å². The van der Waals surface area contributed by atoms with Crippen LogP contribution in [0.2, 0.25) is 16.6 Å². The van der Waals surface area contributed by atoms with E-state index in [1.807, 2.05) is 47.0 Å². The van der Waals surface area contributed by atoms with Gasteiger partial charge in [0.2, 0.25) is 11.8 Å². The number of amides is 2. The third-order valence-electron chi connectivity index (χ3n) is 9.06. The quantitative estimate of drug-likeness (QED) is 0.140. The highest BCUT2D eigenvalue weighted by molar-refractivity contribution is 6.90. The van der Waals surface area contributed by atoms with E-state index in [1.165, 1.54) is 4.90 Å². The Labute approximate surface area is 291 Å².